The average molecular weight is 399 g/mol. The number of nitrogens with one attached hydrogen (secondary N) is 1. The Morgan fingerprint density at radius 1 is 1.13 bits per heavy atom. The van der Waals surface area contributed by atoms with Gasteiger partial charge in [0.05, 0.1) is 24.3 Å². The van der Waals surface area contributed by atoms with Gasteiger partial charge in [0.1, 0.15) is 11.7 Å². The number of benzene rings is 2. The molecule has 0 saturated heterocycles. The monoisotopic (exact) mass is 399 g/mol. The lowest BCUT2D eigenvalue weighted by atomic mass is 9.99. The number of rotatable bonds is 4. The van der Waals surface area contributed by atoms with E-state index in [4.69, 9.17) is 0 Å². The summed E-state index contributed by atoms with van der Waals surface area (Å²) in [5.41, 5.74) is 2.86. The molecule has 0 aliphatic carbocycles. The van der Waals surface area contributed by atoms with Gasteiger partial charge in [0.2, 0.25) is 5.91 Å². The molecule has 8 heteroatoms. The van der Waals surface area contributed by atoms with Gasteiger partial charge in [-0.1, -0.05) is 18.2 Å². The molecule has 1 N–H and O–H groups in total. The number of Topliss-reactive ketones (excluding diaryl/α,β-unsaturated/α-hetero) is 1. The number of hydrogen-bond acceptors (Lipinski definition) is 5. The fraction of sp³-hybridized carbons (Fsp3) is 0.136. The molecule has 1 aliphatic rings. The van der Waals surface area contributed by atoms with Gasteiger partial charge in [0.15, 0.2) is 11.4 Å². The molecule has 0 radical (unpaired) electrons. The normalized spacial score (nSPS) is 15.2. The highest BCUT2D eigenvalue weighted by Gasteiger charge is 2.27. The topological polar surface area (TPSA) is 98.9 Å². The second kappa shape index (κ2) is 6.77. The molecular weight excluding hydrogens is 382 g/mol. The fourth-order valence-electron chi connectivity index (χ4n) is 3.66. The van der Waals surface area contributed by atoms with Gasteiger partial charge in [-0.3, -0.25) is 19.0 Å². The molecule has 30 heavy (non-hydrogen) atoms. The molecule has 0 bridgehead atoms. The number of amides is 1. The van der Waals surface area contributed by atoms with Gasteiger partial charge >= 0.3 is 0 Å². The van der Waals surface area contributed by atoms with Crippen molar-refractivity contribution >= 4 is 28.4 Å². The first kappa shape index (κ1) is 18.0. The largest absolute Gasteiger partial charge is 0.325 e. The van der Waals surface area contributed by atoms with Crippen molar-refractivity contribution in [2.45, 2.75) is 19.4 Å². The van der Waals surface area contributed by atoms with Crippen molar-refractivity contribution in [3.63, 3.8) is 0 Å². The van der Waals surface area contributed by atoms with Crippen LogP contribution in [0.5, 0.6) is 0 Å². The van der Waals surface area contributed by atoms with Crippen LogP contribution in [0, 0.1) is 0 Å². The van der Waals surface area contributed by atoms with Crippen LogP contribution in [-0.2, 0) is 11.3 Å². The molecule has 4 aromatic rings. The average Bonchev–Trinajstić information content (AvgIpc) is 3.32. The van der Waals surface area contributed by atoms with Crippen LogP contribution in [0.4, 0.5) is 5.69 Å². The number of ketones is 1. The van der Waals surface area contributed by atoms with E-state index in [9.17, 15) is 14.4 Å². The Bertz CT molecular complexity index is 1370. The van der Waals surface area contributed by atoms with E-state index in [-0.39, 0.29) is 29.7 Å². The maximum atomic E-state index is 12.9. The first-order valence-corrected chi connectivity index (χ1v) is 9.49. The number of aromatic nitrogens is 4. The Morgan fingerprint density at radius 3 is 2.73 bits per heavy atom. The molecule has 1 atom stereocenters. The highest BCUT2D eigenvalue weighted by Crippen LogP contribution is 2.32. The second-order valence-corrected chi connectivity index (χ2v) is 7.24. The molecule has 2 aromatic heterocycles. The number of para-hydroxylation sites is 1. The quantitative estimate of drug-likeness (QED) is 0.532. The Hall–Kier alpha value is -4.07. The maximum Gasteiger partial charge on any atom is 0.264 e. The number of anilines is 1. The van der Waals surface area contributed by atoms with Crippen molar-refractivity contribution in [3.05, 3.63) is 82.5 Å². The van der Waals surface area contributed by atoms with Crippen molar-refractivity contribution in [1.82, 2.24) is 19.3 Å². The second-order valence-electron chi connectivity index (χ2n) is 7.24. The lowest BCUT2D eigenvalue weighted by Gasteiger charge is -2.08. The summed E-state index contributed by atoms with van der Waals surface area (Å²) >= 11 is 0. The van der Waals surface area contributed by atoms with Crippen LogP contribution in [0.2, 0.25) is 0 Å². The minimum Gasteiger partial charge on any atom is -0.325 e. The zero-order valence-corrected chi connectivity index (χ0v) is 16.1. The molecular formula is C22H17N5O3. The van der Waals surface area contributed by atoms with E-state index in [1.807, 2.05) is 30.3 Å². The zero-order valence-electron chi connectivity index (χ0n) is 16.1. The maximum absolute atomic E-state index is 12.9. The molecule has 5 rings (SSSR count). The molecule has 0 saturated carbocycles. The Morgan fingerprint density at radius 2 is 1.93 bits per heavy atom. The van der Waals surface area contributed by atoms with Crippen LogP contribution >= 0.6 is 0 Å². The molecule has 1 aliphatic heterocycles. The minimum absolute atomic E-state index is 0.0871. The van der Waals surface area contributed by atoms with Crippen molar-refractivity contribution in [2.75, 3.05) is 5.32 Å². The predicted molar refractivity (Wildman–Crippen MR) is 111 cm³/mol. The van der Waals surface area contributed by atoms with E-state index in [0.717, 1.165) is 16.9 Å². The van der Waals surface area contributed by atoms with Gasteiger partial charge in [-0.15, -0.1) is 0 Å². The smallest absolute Gasteiger partial charge is 0.264 e. The molecule has 1 amide bonds. The lowest BCUT2D eigenvalue weighted by Crippen LogP contribution is -2.24. The Labute approximate surface area is 170 Å². The minimum atomic E-state index is -0.332. The summed E-state index contributed by atoms with van der Waals surface area (Å²) < 4.78 is 2.87. The zero-order chi connectivity index (χ0) is 20.8. The van der Waals surface area contributed by atoms with E-state index < -0.39 is 0 Å². The van der Waals surface area contributed by atoms with E-state index in [2.05, 4.69) is 15.4 Å². The van der Waals surface area contributed by atoms with E-state index in [0.29, 0.717) is 16.6 Å². The third-order valence-electron chi connectivity index (χ3n) is 5.36. The third-order valence-corrected chi connectivity index (χ3v) is 5.36. The van der Waals surface area contributed by atoms with Crippen molar-refractivity contribution in [3.8, 4) is 5.69 Å². The van der Waals surface area contributed by atoms with Gasteiger partial charge in [0.25, 0.3) is 5.56 Å². The number of carbonyl (C=O) groups excluding carboxylic acids is 2. The van der Waals surface area contributed by atoms with Crippen LogP contribution < -0.4 is 10.9 Å². The summed E-state index contributed by atoms with van der Waals surface area (Å²) in [4.78, 5) is 41.9. The number of carbonyl (C=O) groups is 2. The van der Waals surface area contributed by atoms with Crippen molar-refractivity contribution in [2.24, 2.45) is 0 Å². The summed E-state index contributed by atoms with van der Waals surface area (Å²) in [6.07, 6.45) is 2.83. The first-order valence-electron chi connectivity index (χ1n) is 9.49. The fourth-order valence-corrected chi connectivity index (χ4v) is 3.66. The van der Waals surface area contributed by atoms with E-state index in [1.54, 1.807) is 29.8 Å². The lowest BCUT2D eigenvalue weighted by molar-refractivity contribution is -0.116. The van der Waals surface area contributed by atoms with E-state index in [1.165, 1.54) is 17.1 Å². The third kappa shape index (κ3) is 2.81. The summed E-state index contributed by atoms with van der Waals surface area (Å²) in [6, 6.07) is 14.5. The first-order chi connectivity index (χ1) is 14.5. The van der Waals surface area contributed by atoms with Crippen LogP contribution in [-0.4, -0.2) is 31.0 Å². The molecule has 148 valence electrons. The highest BCUT2D eigenvalue weighted by molar-refractivity contribution is 6.04. The molecule has 0 unspecified atom stereocenters. The standard InChI is InChI=1S/C22H17N5O3/c1-13-16-9-14(7-8-18(16)25-21(13)29)19(28)11-26-12-23-20-17(22(26)30)10-24-27(20)15-5-3-2-4-6-15/h2-10,12-13H,11H2,1H3,(H,25,29)/t13-/m1/s1. The molecule has 2 aromatic carbocycles. The van der Waals surface area contributed by atoms with E-state index >= 15 is 0 Å². The Balaban J connectivity index is 1.47. The number of nitrogens with zero attached hydrogens (tertiary/aromatic N) is 4. The van der Waals surface area contributed by atoms with Gasteiger partial charge in [0, 0.05) is 11.3 Å². The number of fused-ring (bicyclic) bond motifs is 2. The SMILES string of the molecule is C[C@H]1C(=O)Nc2ccc(C(=O)Cn3cnc4c(cnn4-c4ccccc4)c3=O)cc21. The Kier molecular flexibility index (Phi) is 4.06. The highest BCUT2D eigenvalue weighted by atomic mass is 16.2. The van der Waals surface area contributed by atoms with Crippen LogP contribution in [0.1, 0.15) is 28.8 Å². The summed E-state index contributed by atoms with van der Waals surface area (Å²) in [7, 11) is 0. The van der Waals surface area contributed by atoms with Gasteiger partial charge < -0.3 is 5.32 Å². The predicted octanol–water partition coefficient (Wildman–Crippen LogP) is 2.52. The van der Waals surface area contributed by atoms with Crippen molar-refractivity contribution in [1.29, 1.82) is 0 Å². The molecule has 8 nitrogen and oxygen atoms in total. The van der Waals surface area contributed by atoms with Gasteiger partial charge in [-0.25, -0.2) is 9.67 Å². The number of hydrogen-bond donors (Lipinski definition) is 1. The van der Waals surface area contributed by atoms with Crippen molar-refractivity contribution < 1.29 is 9.59 Å². The molecule has 3 heterocycles. The van der Waals surface area contributed by atoms with Crippen LogP contribution in [0.15, 0.2) is 65.8 Å². The van der Waals surface area contributed by atoms with Gasteiger partial charge in [-0.2, -0.15) is 5.10 Å². The van der Waals surface area contributed by atoms with Crippen LogP contribution in [0.25, 0.3) is 16.7 Å². The van der Waals surface area contributed by atoms with Gasteiger partial charge in [-0.05, 0) is 42.8 Å². The molecule has 0 spiro atoms. The van der Waals surface area contributed by atoms with Crippen LogP contribution in [0.3, 0.4) is 0 Å². The molecule has 0 fully saturated rings. The summed E-state index contributed by atoms with van der Waals surface area (Å²) in [5.74, 6) is -0.628. The summed E-state index contributed by atoms with van der Waals surface area (Å²) in [6.45, 7) is 1.65. The summed E-state index contributed by atoms with van der Waals surface area (Å²) in [5, 5.41) is 7.40.